The molecule has 1 N–H and O–H groups in total. The van der Waals surface area contributed by atoms with Gasteiger partial charge in [-0.25, -0.2) is 0 Å². The van der Waals surface area contributed by atoms with Crippen molar-refractivity contribution in [2.75, 3.05) is 0 Å². The second-order valence-electron chi connectivity index (χ2n) is 3.94. The Morgan fingerprint density at radius 1 is 1.00 bits per heavy atom. The number of aliphatic hydroxyl groups is 1. The highest BCUT2D eigenvalue weighted by Crippen LogP contribution is 2.30. The van der Waals surface area contributed by atoms with Gasteiger partial charge in [0.25, 0.3) is 0 Å². The Bertz CT molecular complexity index is 317. The Kier molecular flexibility index (Phi) is 2.58. The van der Waals surface area contributed by atoms with Gasteiger partial charge in [0.05, 0.1) is 0 Å². The lowest BCUT2D eigenvalue weighted by Crippen LogP contribution is -2.00. The van der Waals surface area contributed by atoms with E-state index in [-0.39, 0.29) is 0 Å². The van der Waals surface area contributed by atoms with Crippen LogP contribution in [0.15, 0.2) is 46.8 Å². The first-order valence-corrected chi connectivity index (χ1v) is 5.24. The third-order valence-electron chi connectivity index (χ3n) is 2.86. The summed E-state index contributed by atoms with van der Waals surface area (Å²) >= 11 is 0. The molecule has 0 heterocycles. The van der Waals surface area contributed by atoms with Crippen molar-refractivity contribution in [1.29, 1.82) is 0 Å². The summed E-state index contributed by atoms with van der Waals surface area (Å²) in [5, 5.41) is 9.80. The lowest BCUT2D eigenvalue weighted by molar-refractivity contribution is 0.383. The van der Waals surface area contributed by atoms with Gasteiger partial charge in [-0.1, -0.05) is 29.9 Å². The fourth-order valence-electron chi connectivity index (χ4n) is 1.99. The molecule has 0 aromatic heterocycles. The highest BCUT2D eigenvalue weighted by atomic mass is 16.3. The minimum Gasteiger partial charge on any atom is -0.512 e. The van der Waals surface area contributed by atoms with Crippen molar-refractivity contribution >= 4 is 0 Å². The van der Waals surface area contributed by atoms with Crippen molar-refractivity contribution in [2.45, 2.75) is 32.6 Å². The topological polar surface area (TPSA) is 20.2 Å². The number of aliphatic hydroxyl groups excluding tert-OH is 1. The van der Waals surface area contributed by atoms with Gasteiger partial charge >= 0.3 is 0 Å². The van der Waals surface area contributed by atoms with E-state index in [1.807, 2.05) is 6.08 Å². The molecule has 0 aromatic carbocycles. The number of hydrogen-bond acceptors (Lipinski definition) is 1. The van der Waals surface area contributed by atoms with Crippen molar-refractivity contribution in [2.24, 2.45) is 0 Å². The molecule has 14 heavy (non-hydrogen) atoms. The highest BCUT2D eigenvalue weighted by Gasteiger charge is 2.13. The van der Waals surface area contributed by atoms with Crippen molar-refractivity contribution in [3.63, 3.8) is 0 Å². The van der Waals surface area contributed by atoms with E-state index in [0.717, 1.165) is 31.3 Å². The molecule has 0 saturated heterocycles. The van der Waals surface area contributed by atoms with Gasteiger partial charge in [0, 0.05) is 12.0 Å². The molecule has 1 nitrogen and oxygen atoms in total. The van der Waals surface area contributed by atoms with Crippen molar-refractivity contribution in [3.05, 3.63) is 46.8 Å². The van der Waals surface area contributed by atoms with E-state index in [2.05, 4.69) is 25.2 Å². The third-order valence-corrected chi connectivity index (χ3v) is 2.86. The Balaban J connectivity index is 2.39. The van der Waals surface area contributed by atoms with Crippen molar-refractivity contribution in [3.8, 4) is 0 Å². The van der Waals surface area contributed by atoms with Crippen LogP contribution >= 0.6 is 0 Å². The number of rotatable bonds is 1. The fourth-order valence-corrected chi connectivity index (χ4v) is 1.99. The largest absolute Gasteiger partial charge is 0.512 e. The normalized spacial score (nSPS) is 22.1. The molecule has 0 aromatic rings. The van der Waals surface area contributed by atoms with E-state index in [4.69, 9.17) is 0 Å². The monoisotopic (exact) mass is 188 g/mol. The molecule has 0 atom stereocenters. The first-order chi connectivity index (χ1) is 6.79. The first-order valence-electron chi connectivity index (χ1n) is 5.24. The van der Waals surface area contributed by atoms with Crippen LogP contribution in [0.5, 0.6) is 0 Å². The summed E-state index contributed by atoms with van der Waals surface area (Å²) in [5.41, 5.74) is 3.65. The van der Waals surface area contributed by atoms with Gasteiger partial charge in [-0.05, 0) is 31.8 Å². The Morgan fingerprint density at radius 3 is 2.29 bits per heavy atom. The third kappa shape index (κ3) is 1.67. The van der Waals surface area contributed by atoms with E-state index < -0.39 is 0 Å². The quantitative estimate of drug-likeness (QED) is 0.663. The van der Waals surface area contributed by atoms with Crippen molar-refractivity contribution < 1.29 is 5.11 Å². The summed E-state index contributed by atoms with van der Waals surface area (Å²) in [4.78, 5) is 0. The molecule has 0 spiro atoms. The maximum Gasteiger partial charge on any atom is 0.100 e. The summed E-state index contributed by atoms with van der Waals surface area (Å²) < 4.78 is 0. The summed E-state index contributed by atoms with van der Waals surface area (Å²) in [6.07, 6.45) is 12.5. The molecule has 1 heteroatoms. The molecule has 0 bridgehead atoms. The summed E-state index contributed by atoms with van der Waals surface area (Å²) in [6, 6.07) is 0. The second-order valence-corrected chi connectivity index (χ2v) is 3.94. The van der Waals surface area contributed by atoms with Crippen LogP contribution in [0.2, 0.25) is 0 Å². The zero-order valence-corrected chi connectivity index (χ0v) is 8.59. The maximum atomic E-state index is 9.80. The van der Waals surface area contributed by atoms with Crippen LogP contribution in [-0.2, 0) is 0 Å². The molecule has 74 valence electrons. The summed E-state index contributed by atoms with van der Waals surface area (Å²) in [6.45, 7) is 2.15. The minimum atomic E-state index is 0.549. The Morgan fingerprint density at radius 2 is 1.64 bits per heavy atom. The predicted octanol–water partition coefficient (Wildman–Crippen LogP) is 3.82. The average molecular weight is 188 g/mol. The molecule has 0 radical (unpaired) electrons. The standard InChI is InChI=1S/C13H16O/c1-10-6-2-3-7-11(10)12-8-4-5-9-13(12)14/h3-4,7-8,14H,2,5-6,9H2,1H3. The lowest BCUT2D eigenvalue weighted by atomic mass is 9.90. The predicted molar refractivity (Wildman–Crippen MR) is 59.1 cm³/mol. The minimum absolute atomic E-state index is 0.549. The molecule has 2 rings (SSSR count). The number of hydrogen-bond donors (Lipinski definition) is 1. The van der Waals surface area contributed by atoms with E-state index in [1.165, 1.54) is 11.1 Å². The van der Waals surface area contributed by atoms with Gasteiger partial charge in [-0.3, -0.25) is 0 Å². The van der Waals surface area contributed by atoms with Crippen LogP contribution in [0.4, 0.5) is 0 Å². The first kappa shape index (κ1) is 9.32. The Hall–Kier alpha value is -1.24. The van der Waals surface area contributed by atoms with Crippen LogP contribution in [0, 0.1) is 0 Å². The smallest absolute Gasteiger partial charge is 0.100 e. The van der Waals surface area contributed by atoms with Gasteiger partial charge in [0.2, 0.25) is 0 Å². The molecule has 0 fully saturated rings. The lowest BCUT2D eigenvalue weighted by Gasteiger charge is -2.17. The molecule has 0 aliphatic heterocycles. The zero-order valence-electron chi connectivity index (χ0n) is 8.59. The molecule has 0 unspecified atom stereocenters. The highest BCUT2D eigenvalue weighted by molar-refractivity contribution is 5.52. The van der Waals surface area contributed by atoms with Gasteiger partial charge < -0.3 is 5.11 Å². The molecule has 2 aliphatic carbocycles. The van der Waals surface area contributed by atoms with Crippen LogP contribution in [0.3, 0.4) is 0 Å². The van der Waals surface area contributed by atoms with Gasteiger partial charge in [0.1, 0.15) is 5.76 Å². The summed E-state index contributed by atoms with van der Waals surface area (Å²) in [5.74, 6) is 0.549. The van der Waals surface area contributed by atoms with Crippen LogP contribution < -0.4 is 0 Å². The van der Waals surface area contributed by atoms with E-state index in [1.54, 1.807) is 0 Å². The average Bonchev–Trinajstić information content (AvgIpc) is 2.20. The van der Waals surface area contributed by atoms with Gasteiger partial charge in [-0.2, -0.15) is 0 Å². The fraction of sp³-hybridized carbons (Fsp3) is 0.385. The zero-order chi connectivity index (χ0) is 9.97. The van der Waals surface area contributed by atoms with E-state index in [0.29, 0.717) is 5.76 Å². The van der Waals surface area contributed by atoms with E-state index >= 15 is 0 Å². The molecular formula is C13H16O. The SMILES string of the molecule is CC1=C(C2=C(O)CCC=C2)C=CCC1. The molecule has 0 amide bonds. The Labute approximate surface area is 85.1 Å². The van der Waals surface area contributed by atoms with Crippen LogP contribution in [-0.4, -0.2) is 5.11 Å². The molecular weight excluding hydrogens is 172 g/mol. The van der Waals surface area contributed by atoms with E-state index in [9.17, 15) is 5.11 Å². The van der Waals surface area contributed by atoms with Crippen LogP contribution in [0.25, 0.3) is 0 Å². The van der Waals surface area contributed by atoms with Crippen molar-refractivity contribution in [1.82, 2.24) is 0 Å². The maximum absolute atomic E-state index is 9.80. The second kappa shape index (κ2) is 3.87. The molecule has 2 aliphatic rings. The van der Waals surface area contributed by atoms with Crippen LogP contribution in [0.1, 0.15) is 32.6 Å². The number of allylic oxidation sites excluding steroid dienone is 8. The van der Waals surface area contributed by atoms with Gasteiger partial charge in [-0.15, -0.1) is 0 Å². The molecule has 0 saturated carbocycles. The summed E-state index contributed by atoms with van der Waals surface area (Å²) in [7, 11) is 0. The van der Waals surface area contributed by atoms with Gasteiger partial charge in [0.15, 0.2) is 0 Å².